The van der Waals surface area contributed by atoms with Crippen molar-refractivity contribution in [2.24, 2.45) is 0 Å². The van der Waals surface area contributed by atoms with Crippen LogP contribution >= 0.6 is 0 Å². The number of piperazine rings is 2. The zero-order chi connectivity index (χ0) is 40.8. The van der Waals surface area contributed by atoms with Crippen LogP contribution in [0.2, 0.25) is 0 Å². The number of aryl methyl sites for hydroxylation is 4. The Hall–Kier alpha value is -5.64. The predicted octanol–water partition coefficient (Wildman–Crippen LogP) is 8.78. The molecule has 0 atom stereocenters. The van der Waals surface area contributed by atoms with Gasteiger partial charge in [0.15, 0.2) is 11.5 Å². The lowest BCUT2D eigenvalue weighted by molar-refractivity contribution is 0.121. The van der Waals surface area contributed by atoms with E-state index in [1.54, 1.807) is 0 Å². The van der Waals surface area contributed by atoms with Crippen LogP contribution in [0.4, 0.5) is 0 Å². The van der Waals surface area contributed by atoms with Crippen LogP contribution in [0, 0.1) is 0 Å². The van der Waals surface area contributed by atoms with Crippen LogP contribution in [0.5, 0.6) is 28.7 Å². The molecule has 0 radical (unpaired) electrons. The third-order valence-corrected chi connectivity index (χ3v) is 12.6. The predicted molar refractivity (Wildman–Crippen MR) is 239 cm³/mol. The second-order valence-corrected chi connectivity index (χ2v) is 16.9. The number of phenols is 3. The maximum atomic E-state index is 12.0. The van der Waals surface area contributed by atoms with Gasteiger partial charge in [-0.25, -0.2) is 0 Å². The molecule has 2 saturated heterocycles. The van der Waals surface area contributed by atoms with Gasteiger partial charge < -0.3 is 20.1 Å². The van der Waals surface area contributed by atoms with Crippen LogP contribution in [-0.2, 0) is 51.9 Å². The van der Waals surface area contributed by atoms with Crippen molar-refractivity contribution in [2.75, 3.05) is 52.4 Å². The lowest BCUT2D eigenvalue weighted by atomic mass is 9.90. The Morgan fingerprint density at radius 2 is 0.967 bits per heavy atom. The molecular weight excluding hydrogens is 745 g/mol. The molecule has 6 bridgehead atoms. The average molecular weight is 801 g/mol. The summed E-state index contributed by atoms with van der Waals surface area (Å²) in [6.45, 7) is 10.8. The van der Waals surface area contributed by atoms with Gasteiger partial charge in [-0.3, -0.25) is 19.6 Å². The van der Waals surface area contributed by atoms with Gasteiger partial charge in [0.2, 0.25) is 0 Å². The largest absolute Gasteiger partial charge is 0.507 e. The first-order valence-electron chi connectivity index (χ1n) is 21.6. The van der Waals surface area contributed by atoms with E-state index in [1.165, 1.54) is 11.1 Å². The fourth-order valence-electron chi connectivity index (χ4n) is 9.12. The van der Waals surface area contributed by atoms with Crippen molar-refractivity contribution in [2.45, 2.75) is 51.9 Å². The molecule has 3 N–H and O–H groups in total. The van der Waals surface area contributed by atoms with Crippen molar-refractivity contribution in [1.82, 2.24) is 19.6 Å². The summed E-state index contributed by atoms with van der Waals surface area (Å²) in [6.07, 6.45) is 2.84. The standard InChI is InChI=1S/C52H56N4O4/c57-48-32-39-11-12-42-31-45(37-56-29-25-54(26-30-56)35-41-9-5-2-6-10-41)51(58)49(33-42)60-46-20-14-38(15-21-46)13-17-43-18-19-44(52(59)50(43)47(48)22-16-39)36-55-27-23-53(24-28-55)34-40-7-3-1-4-8-40/h1-10,14-16,18-22,31-33,57-59H,11-13,17,23-30,34-37H2. The summed E-state index contributed by atoms with van der Waals surface area (Å²) >= 11 is 0. The van der Waals surface area contributed by atoms with E-state index in [-0.39, 0.29) is 17.2 Å². The van der Waals surface area contributed by atoms with E-state index in [1.807, 2.05) is 30.3 Å². The smallest absolute Gasteiger partial charge is 0.169 e. The summed E-state index contributed by atoms with van der Waals surface area (Å²) < 4.78 is 6.43. The van der Waals surface area contributed by atoms with Crippen LogP contribution in [-0.4, -0.2) is 87.3 Å². The van der Waals surface area contributed by atoms with Crippen LogP contribution in [0.3, 0.4) is 0 Å². The van der Waals surface area contributed by atoms with Gasteiger partial charge in [0, 0.05) is 101 Å². The number of phenolic OH excluding ortho intramolecular Hbond substituents is 3. The number of ether oxygens (including phenoxy) is 1. The zero-order valence-corrected chi connectivity index (χ0v) is 34.5. The molecule has 6 heterocycles. The van der Waals surface area contributed by atoms with Crippen molar-refractivity contribution in [3.63, 3.8) is 0 Å². The molecule has 6 aromatic carbocycles. The van der Waals surface area contributed by atoms with Gasteiger partial charge in [-0.2, -0.15) is 0 Å². The summed E-state index contributed by atoms with van der Waals surface area (Å²) in [5.41, 5.74) is 9.98. The van der Waals surface area contributed by atoms with E-state index in [0.717, 1.165) is 105 Å². The molecule has 0 amide bonds. The monoisotopic (exact) mass is 800 g/mol. The molecule has 12 rings (SSSR count). The molecule has 6 aliphatic heterocycles. The highest BCUT2D eigenvalue weighted by Gasteiger charge is 2.24. The first kappa shape index (κ1) is 39.8. The van der Waals surface area contributed by atoms with E-state index in [4.69, 9.17) is 4.74 Å². The van der Waals surface area contributed by atoms with Crippen molar-refractivity contribution in [3.8, 4) is 39.9 Å². The minimum absolute atomic E-state index is 0.169. The molecule has 308 valence electrons. The van der Waals surface area contributed by atoms with Crippen molar-refractivity contribution in [3.05, 3.63) is 172 Å². The van der Waals surface area contributed by atoms with Gasteiger partial charge in [-0.05, 0) is 83.3 Å². The first-order chi connectivity index (χ1) is 29.4. The molecular formula is C52H56N4O4. The first-order valence-corrected chi connectivity index (χ1v) is 21.6. The molecule has 8 heteroatoms. The van der Waals surface area contributed by atoms with E-state index < -0.39 is 0 Å². The lowest BCUT2D eigenvalue weighted by Gasteiger charge is -2.35. The van der Waals surface area contributed by atoms with Gasteiger partial charge >= 0.3 is 0 Å². The fraction of sp³-hybridized carbons (Fsp3) is 0.308. The minimum atomic E-state index is 0.169. The van der Waals surface area contributed by atoms with Gasteiger partial charge in [0.1, 0.15) is 17.2 Å². The third-order valence-electron chi connectivity index (χ3n) is 12.6. The molecule has 0 aromatic heterocycles. The number of nitrogens with zero attached hydrogens (tertiary/aromatic N) is 4. The third kappa shape index (κ3) is 9.53. The van der Waals surface area contributed by atoms with Crippen LogP contribution in [0.25, 0.3) is 11.1 Å². The van der Waals surface area contributed by atoms with Crippen molar-refractivity contribution >= 4 is 0 Å². The Bertz CT molecular complexity index is 2370. The van der Waals surface area contributed by atoms with Crippen molar-refractivity contribution in [1.29, 1.82) is 0 Å². The summed E-state index contributed by atoms with van der Waals surface area (Å²) in [5, 5.41) is 35.3. The summed E-state index contributed by atoms with van der Waals surface area (Å²) in [7, 11) is 0. The Balaban J connectivity index is 0.938. The number of rotatable bonds is 8. The number of hydrogen-bond acceptors (Lipinski definition) is 8. The highest BCUT2D eigenvalue weighted by Crippen LogP contribution is 2.42. The normalized spacial score (nSPS) is 16.9. The van der Waals surface area contributed by atoms with Crippen LogP contribution in [0.1, 0.15) is 44.5 Å². The number of aromatic hydroxyl groups is 3. The number of hydrogen-bond donors (Lipinski definition) is 3. The highest BCUT2D eigenvalue weighted by atomic mass is 16.5. The molecule has 0 saturated carbocycles. The van der Waals surface area contributed by atoms with Gasteiger partial charge in [0.05, 0.1) is 0 Å². The lowest BCUT2D eigenvalue weighted by Crippen LogP contribution is -2.45. The Labute approximate surface area is 354 Å². The van der Waals surface area contributed by atoms with Crippen molar-refractivity contribution < 1.29 is 20.1 Å². The quantitative estimate of drug-likeness (QED) is 0.141. The minimum Gasteiger partial charge on any atom is -0.507 e. The fourth-order valence-corrected chi connectivity index (χ4v) is 9.12. The maximum Gasteiger partial charge on any atom is 0.169 e. The number of benzene rings is 6. The SMILES string of the molecule is Oc1cc2ccc1-c1c(ccc(CN3CCN(Cc4ccccc4)CC3)c1O)CCc1ccc(cc1)Oc1cc(cc(CN3CCN(Cc4ccccc4)CC3)c1O)CC2. The van der Waals surface area contributed by atoms with Gasteiger partial charge in [-0.1, -0.05) is 103 Å². The summed E-state index contributed by atoms with van der Waals surface area (Å²) in [4.78, 5) is 9.83. The average Bonchev–Trinajstić information content (AvgIpc) is 3.27. The van der Waals surface area contributed by atoms with E-state index in [0.29, 0.717) is 55.0 Å². The second kappa shape index (κ2) is 18.3. The van der Waals surface area contributed by atoms with E-state index in [2.05, 4.69) is 117 Å². The Morgan fingerprint density at radius 3 is 1.57 bits per heavy atom. The Morgan fingerprint density at radius 1 is 0.433 bits per heavy atom. The molecule has 0 spiro atoms. The van der Waals surface area contributed by atoms with E-state index in [9.17, 15) is 15.3 Å². The highest BCUT2D eigenvalue weighted by molar-refractivity contribution is 5.80. The van der Waals surface area contributed by atoms with Crippen LogP contribution in [0.15, 0.2) is 127 Å². The molecule has 0 aliphatic carbocycles. The van der Waals surface area contributed by atoms with Gasteiger partial charge in [0.25, 0.3) is 0 Å². The molecule has 0 unspecified atom stereocenters. The molecule has 6 aromatic rings. The summed E-state index contributed by atoms with van der Waals surface area (Å²) in [6, 6.07) is 43.6. The molecule has 60 heavy (non-hydrogen) atoms. The van der Waals surface area contributed by atoms with Gasteiger partial charge in [-0.15, -0.1) is 0 Å². The Kier molecular flexibility index (Phi) is 12.2. The summed E-state index contributed by atoms with van der Waals surface area (Å²) in [5.74, 6) is 1.75. The molecule has 8 nitrogen and oxygen atoms in total. The topological polar surface area (TPSA) is 82.9 Å². The zero-order valence-electron chi connectivity index (χ0n) is 34.5. The van der Waals surface area contributed by atoms with Crippen LogP contribution < -0.4 is 4.74 Å². The molecule has 2 fully saturated rings. The molecule has 6 aliphatic rings. The second-order valence-electron chi connectivity index (χ2n) is 16.9. The maximum absolute atomic E-state index is 12.0. The van der Waals surface area contributed by atoms with E-state index >= 15 is 0 Å².